The number of thioether (sulfide) groups is 1. The van der Waals surface area contributed by atoms with Gasteiger partial charge in [0, 0.05) is 12.2 Å². The van der Waals surface area contributed by atoms with Gasteiger partial charge in [-0.3, -0.25) is 10.1 Å². The molecule has 9 heteroatoms. The van der Waals surface area contributed by atoms with Gasteiger partial charge in [-0.05, 0) is 17.7 Å². The third kappa shape index (κ3) is 6.39. The molecule has 3 rings (SSSR count). The quantitative estimate of drug-likeness (QED) is 0.527. The summed E-state index contributed by atoms with van der Waals surface area (Å²) in [5.74, 6) is -0.308. The Bertz CT molecular complexity index is 887. The Balaban J connectivity index is 1.39. The molecule has 0 atom stereocenters. The summed E-state index contributed by atoms with van der Waals surface area (Å²) in [4.78, 5) is 23.6. The molecule has 0 aliphatic heterocycles. The van der Waals surface area contributed by atoms with E-state index < -0.39 is 11.9 Å². The molecular weight excluding hydrogens is 382 g/mol. The maximum absolute atomic E-state index is 11.9. The summed E-state index contributed by atoms with van der Waals surface area (Å²) in [5, 5.41) is 16.8. The van der Waals surface area contributed by atoms with Crippen molar-refractivity contribution in [3.05, 3.63) is 66.2 Å². The Kier molecular flexibility index (Phi) is 6.78. The van der Waals surface area contributed by atoms with E-state index in [9.17, 15) is 9.59 Å². The molecule has 0 fully saturated rings. The second kappa shape index (κ2) is 9.70. The minimum atomic E-state index is -0.520. The first-order chi connectivity index (χ1) is 13.2. The third-order valence-corrected chi connectivity index (χ3v) is 5.28. The van der Waals surface area contributed by atoms with E-state index in [2.05, 4.69) is 26.1 Å². The smallest absolute Gasteiger partial charge is 0.321 e. The van der Waals surface area contributed by atoms with Crippen LogP contribution in [0.25, 0.3) is 0 Å². The number of benzene rings is 2. The number of amides is 3. The van der Waals surface area contributed by atoms with E-state index in [-0.39, 0.29) is 5.75 Å². The van der Waals surface area contributed by atoms with E-state index in [0.29, 0.717) is 16.0 Å². The van der Waals surface area contributed by atoms with E-state index in [4.69, 9.17) is 0 Å². The first-order valence-corrected chi connectivity index (χ1v) is 9.89. The largest absolute Gasteiger partial charge is 0.334 e. The molecule has 0 spiro atoms. The zero-order valence-electron chi connectivity index (χ0n) is 14.2. The SMILES string of the molecule is O=C(CSc1nnc(Nc2ccccc2)s1)NC(=O)NCc1ccccc1. The first kappa shape index (κ1) is 18.9. The van der Waals surface area contributed by atoms with Crippen LogP contribution in [0.5, 0.6) is 0 Å². The monoisotopic (exact) mass is 399 g/mol. The molecule has 0 bridgehead atoms. The van der Waals surface area contributed by atoms with Crippen molar-refractivity contribution >= 4 is 45.9 Å². The summed E-state index contributed by atoms with van der Waals surface area (Å²) in [6.45, 7) is 0.359. The van der Waals surface area contributed by atoms with Crippen molar-refractivity contribution in [2.45, 2.75) is 10.9 Å². The van der Waals surface area contributed by atoms with Gasteiger partial charge in [0.1, 0.15) is 0 Å². The summed E-state index contributed by atoms with van der Waals surface area (Å²) in [6.07, 6.45) is 0. The molecule has 3 N–H and O–H groups in total. The number of carbonyl (C=O) groups is 2. The topological polar surface area (TPSA) is 96.0 Å². The third-order valence-electron chi connectivity index (χ3n) is 3.31. The number of aromatic nitrogens is 2. The highest BCUT2D eigenvalue weighted by atomic mass is 32.2. The van der Waals surface area contributed by atoms with Crippen LogP contribution in [-0.4, -0.2) is 27.9 Å². The lowest BCUT2D eigenvalue weighted by molar-refractivity contribution is -0.117. The summed E-state index contributed by atoms with van der Waals surface area (Å²) in [6, 6.07) is 18.6. The van der Waals surface area contributed by atoms with E-state index in [1.165, 1.54) is 23.1 Å². The van der Waals surface area contributed by atoms with Crippen LogP contribution in [-0.2, 0) is 11.3 Å². The zero-order valence-corrected chi connectivity index (χ0v) is 15.8. The van der Waals surface area contributed by atoms with E-state index >= 15 is 0 Å². The van der Waals surface area contributed by atoms with E-state index in [0.717, 1.165) is 11.3 Å². The standard InChI is InChI=1S/C18H17N5O2S2/c24-15(21-16(25)19-11-13-7-3-1-4-8-13)12-26-18-23-22-17(27-18)20-14-9-5-2-6-10-14/h1-10H,11-12H2,(H,20,22)(H2,19,21,24,25). The lowest BCUT2D eigenvalue weighted by Crippen LogP contribution is -2.39. The summed E-state index contributed by atoms with van der Waals surface area (Å²) < 4.78 is 0.647. The van der Waals surface area contributed by atoms with Crippen molar-refractivity contribution < 1.29 is 9.59 Å². The molecule has 0 radical (unpaired) electrons. The second-order valence-electron chi connectivity index (χ2n) is 5.37. The van der Waals surface area contributed by atoms with Gasteiger partial charge in [0.2, 0.25) is 11.0 Å². The number of carbonyl (C=O) groups excluding carboxylic acids is 2. The number of nitrogens with one attached hydrogen (secondary N) is 3. The summed E-state index contributed by atoms with van der Waals surface area (Å²) in [7, 11) is 0. The molecular formula is C18H17N5O2S2. The maximum Gasteiger partial charge on any atom is 0.321 e. The molecule has 0 saturated carbocycles. The highest BCUT2D eigenvalue weighted by Crippen LogP contribution is 2.27. The molecule has 27 heavy (non-hydrogen) atoms. The van der Waals surface area contributed by atoms with Crippen LogP contribution in [0, 0.1) is 0 Å². The summed E-state index contributed by atoms with van der Waals surface area (Å²) >= 11 is 2.57. The number of hydrogen-bond acceptors (Lipinski definition) is 7. The van der Waals surface area contributed by atoms with Crippen LogP contribution >= 0.6 is 23.1 Å². The van der Waals surface area contributed by atoms with Crippen LogP contribution in [0.1, 0.15) is 5.56 Å². The molecule has 0 aliphatic rings. The van der Waals surface area contributed by atoms with Crippen LogP contribution < -0.4 is 16.0 Å². The molecule has 2 aromatic carbocycles. The summed E-state index contributed by atoms with van der Waals surface area (Å²) in [5.41, 5.74) is 1.87. The molecule has 3 aromatic rings. The predicted octanol–water partition coefficient (Wildman–Crippen LogP) is 3.40. The molecule has 0 aliphatic carbocycles. The van der Waals surface area contributed by atoms with Gasteiger partial charge in [0.05, 0.1) is 5.75 Å². The minimum Gasteiger partial charge on any atom is -0.334 e. The number of rotatable bonds is 7. The Hall–Kier alpha value is -2.91. The molecule has 0 saturated heterocycles. The van der Waals surface area contributed by atoms with Gasteiger partial charge in [-0.25, -0.2) is 4.79 Å². The Labute approximate surface area is 164 Å². The normalized spacial score (nSPS) is 10.2. The average molecular weight is 400 g/mol. The van der Waals surface area contributed by atoms with Gasteiger partial charge >= 0.3 is 6.03 Å². The second-order valence-corrected chi connectivity index (χ2v) is 7.57. The van der Waals surface area contributed by atoms with Crippen molar-refractivity contribution in [2.24, 2.45) is 0 Å². The van der Waals surface area contributed by atoms with Crippen LogP contribution in [0.15, 0.2) is 65.0 Å². The van der Waals surface area contributed by atoms with Crippen LogP contribution in [0.2, 0.25) is 0 Å². The van der Waals surface area contributed by atoms with Crippen molar-refractivity contribution in [1.29, 1.82) is 0 Å². The van der Waals surface area contributed by atoms with Gasteiger partial charge in [-0.1, -0.05) is 71.6 Å². The molecule has 1 aromatic heterocycles. The highest BCUT2D eigenvalue weighted by Gasteiger charge is 2.11. The van der Waals surface area contributed by atoms with Crippen LogP contribution in [0.3, 0.4) is 0 Å². The predicted molar refractivity (Wildman–Crippen MR) is 107 cm³/mol. The van der Waals surface area contributed by atoms with Crippen molar-refractivity contribution in [1.82, 2.24) is 20.8 Å². The first-order valence-electron chi connectivity index (χ1n) is 8.09. The Morgan fingerprint density at radius 2 is 1.67 bits per heavy atom. The number of hydrogen-bond donors (Lipinski definition) is 3. The average Bonchev–Trinajstić information content (AvgIpc) is 3.14. The fourth-order valence-corrected chi connectivity index (χ4v) is 3.65. The van der Waals surface area contributed by atoms with Gasteiger partial charge in [0.15, 0.2) is 4.34 Å². The minimum absolute atomic E-state index is 0.0821. The van der Waals surface area contributed by atoms with Crippen molar-refractivity contribution in [2.75, 3.05) is 11.1 Å². The fourth-order valence-electron chi connectivity index (χ4n) is 2.08. The molecule has 3 amide bonds. The van der Waals surface area contributed by atoms with Crippen molar-refractivity contribution in [3.63, 3.8) is 0 Å². The molecule has 0 unspecified atom stereocenters. The molecule has 1 heterocycles. The van der Waals surface area contributed by atoms with E-state index in [1.807, 2.05) is 60.7 Å². The van der Waals surface area contributed by atoms with E-state index in [1.54, 1.807) is 0 Å². The lowest BCUT2D eigenvalue weighted by atomic mass is 10.2. The Morgan fingerprint density at radius 1 is 0.963 bits per heavy atom. The number of anilines is 2. The zero-order chi connectivity index (χ0) is 18.9. The number of imide groups is 1. The van der Waals surface area contributed by atoms with Gasteiger partial charge in [0.25, 0.3) is 0 Å². The fraction of sp³-hybridized carbons (Fsp3) is 0.111. The Morgan fingerprint density at radius 3 is 2.41 bits per heavy atom. The molecule has 7 nitrogen and oxygen atoms in total. The number of urea groups is 1. The van der Waals surface area contributed by atoms with Gasteiger partial charge in [-0.15, -0.1) is 10.2 Å². The maximum atomic E-state index is 11.9. The van der Waals surface area contributed by atoms with Gasteiger partial charge < -0.3 is 10.6 Å². The number of nitrogens with zero attached hydrogens (tertiary/aromatic N) is 2. The highest BCUT2D eigenvalue weighted by molar-refractivity contribution is 8.01. The van der Waals surface area contributed by atoms with Crippen molar-refractivity contribution in [3.8, 4) is 0 Å². The molecule has 138 valence electrons. The lowest BCUT2D eigenvalue weighted by Gasteiger charge is -2.06. The number of para-hydroxylation sites is 1. The van der Waals surface area contributed by atoms with Crippen LogP contribution in [0.4, 0.5) is 15.6 Å². The van der Waals surface area contributed by atoms with Gasteiger partial charge in [-0.2, -0.15) is 0 Å².